The van der Waals surface area contributed by atoms with Gasteiger partial charge in [-0.1, -0.05) is 19.8 Å². The first-order valence-electron chi connectivity index (χ1n) is 8.07. The monoisotopic (exact) mass is 358 g/mol. The van der Waals surface area contributed by atoms with Gasteiger partial charge in [0.25, 0.3) is 11.6 Å². The molecule has 8 heteroatoms. The SMILES string of the molecule is CCCCCC1=NN(C(=O)c2ccc(OC)cc2)C(O)(C(F)(F)F)C1. The molecule has 0 aromatic heterocycles. The highest BCUT2D eigenvalue weighted by molar-refractivity contribution is 5.98. The molecule has 1 atom stereocenters. The Labute approximate surface area is 144 Å². The number of methoxy groups -OCH3 is 1. The van der Waals surface area contributed by atoms with E-state index in [1.807, 2.05) is 6.92 Å². The minimum atomic E-state index is -5.01. The summed E-state index contributed by atoms with van der Waals surface area (Å²) in [6.45, 7) is 1.97. The van der Waals surface area contributed by atoms with Crippen molar-refractivity contribution in [1.82, 2.24) is 5.01 Å². The highest BCUT2D eigenvalue weighted by Crippen LogP contribution is 2.41. The molecule has 0 radical (unpaired) electrons. The first-order chi connectivity index (χ1) is 11.7. The average molecular weight is 358 g/mol. The second-order valence-electron chi connectivity index (χ2n) is 5.96. The van der Waals surface area contributed by atoms with Crippen LogP contribution in [0.15, 0.2) is 29.4 Å². The van der Waals surface area contributed by atoms with Crippen LogP contribution in [0.2, 0.25) is 0 Å². The van der Waals surface area contributed by atoms with Crippen LogP contribution in [0.25, 0.3) is 0 Å². The summed E-state index contributed by atoms with van der Waals surface area (Å²) in [5.41, 5.74) is -3.15. The van der Waals surface area contributed by atoms with Crippen LogP contribution in [0.5, 0.6) is 5.75 Å². The summed E-state index contributed by atoms with van der Waals surface area (Å²) in [6, 6.07) is 5.59. The van der Waals surface area contributed by atoms with Crippen LogP contribution in [-0.2, 0) is 0 Å². The molecule has 1 aromatic carbocycles. The Balaban J connectivity index is 2.29. The number of alkyl halides is 3. The maximum absolute atomic E-state index is 13.4. The van der Waals surface area contributed by atoms with Gasteiger partial charge in [-0.25, -0.2) is 0 Å². The normalized spacial score (nSPS) is 20.6. The molecular weight excluding hydrogens is 337 g/mol. The molecule has 0 aliphatic carbocycles. The fourth-order valence-electron chi connectivity index (χ4n) is 2.63. The molecule has 0 saturated carbocycles. The first-order valence-corrected chi connectivity index (χ1v) is 8.07. The zero-order chi connectivity index (χ0) is 18.7. The number of nitrogens with zero attached hydrogens (tertiary/aromatic N) is 2. The smallest absolute Gasteiger partial charge is 0.438 e. The van der Waals surface area contributed by atoms with Crippen molar-refractivity contribution in [2.24, 2.45) is 5.10 Å². The van der Waals surface area contributed by atoms with E-state index >= 15 is 0 Å². The number of amides is 1. The molecule has 0 fully saturated rings. The van der Waals surface area contributed by atoms with E-state index in [-0.39, 0.29) is 16.3 Å². The second kappa shape index (κ2) is 7.43. The van der Waals surface area contributed by atoms with Crippen molar-refractivity contribution in [3.63, 3.8) is 0 Å². The van der Waals surface area contributed by atoms with Gasteiger partial charge < -0.3 is 9.84 Å². The molecule has 0 saturated heterocycles. The average Bonchev–Trinajstić information content (AvgIpc) is 2.92. The summed E-state index contributed by atoms with van der Waals surface area (Å²) in [6.07, 6.45) is -3.00. The standard InChI is InChI=1S/C17H21F3N2O3/c1-3-4-5-6-13-11-16(24,17(18,19)20)22(21-13)15(23)12-7-9-14(25-2)10-8-12/h7-10,24H,3-6,11H2,1-2H3. The second-order valence-corrected chi connectivity index (χ2v) is 5.96. The number of hydrogen-bond acceptors (Lipinski definition) is 4. The Hall–Kier alpha value is -2.09. The number of aliphatic hydroxyl groups is 1. The van der Waals surface area contributed by atoms with Gasteiger partial charge in [-0.2, -0.15) is 23.3 Å². The van der Waals surface area contributed by atoms with Crippen LogP contribution in [0.4, 0.5) is 13.2 Å². The molecule has 1 unspecified atom stereocenters. The fourth-order valence-corrected chi connectivity index (χ4v) is 2.63. The van der Waals surface area contributed by atoms with Gasteiger partial charge in [0.1, 0.15) is 5.75 Å². The van der Waals surface area contributed by atoms with Gasteiger partial charge in [-0.05, 0) is 37.1 Å². The van der Waals surface area contributed by atoms with Crippen LogP contribution in [0.3, 0.4) is 0 Å². The lowest BCUT2D eigenvalue weighted by Gasteiger charge is -2.32. The van der Waals surface area contributed by atoms with E-state index in [1.165, 1.54) is 31.4 Å². The Morgan fingerprint density at radius 2 is 1.96 bits per heavy atom. The predicted octanol–water partition coefficient (Wildman–Crippen LogP) is 3.73. The first kappa shape index (κ1) is 19.2. The zero-order valence-corrected chi connectivity index (χ0v) is 14.1. The Morgan fingerprint density at radius 3 is 2.48 bits per heavy atom. The Kier molecular flexibility index (Phi) is 5.72. The topological polar surface area (TPSA) is 62.1 Å². The minimum Gasteiger partial charge on any atom is -0.497 e. The maximum atomic E-state index is 13.4. The summed E-state index contributed by atoms with van der Waals surface area (Å²) >= 11 is 0. The maximum Gasteiger partial charge on any atom is 0.438 e. The zero-order valence-electron chi connectivity index (χ0n) is 14.1. The Morgan fingerprint density at radius 1 is 1.32 bits per heavy atom. The molecule has 2 rings (SSSR count). The molecule has 5 nitrogen and oxygen atoms in total. The summed E-state index contributed by atoms with van der Waals surface area (Å²) in [5.74, 6) is -0.541. The van der Waals surface area contributed by atoms with Crippen molar-refractivity contribution in [2.45, 2.75) is 50.9 Å². The van der Waals surface area contributed by atoms with Crippen molar-refractivity contribution in [1.29, 1.82) is 0 Å². The van der Waals surface area contributed by atoms with E-state index in [1.54, 1.807) is 0 Å². The lowest BCUT2D eigenvalue weighted by molar-refractivity contribution is -0.297. The van der Waals surface area contributed by atoms with Crippen molar-refractivity contribution in [3.8, 4) is 5.75 Å². The number of hydrazone groups is 1. The molecule has 1 amide bonds. The van der Waals surface area contributed by atoms with Gasteiger partial charge >= 0.3 is 6.18 Å². The molecule has 25 heavy (non-hydrogen) atoms. The van der Waals surface area contributed by atoms with Gasteiger partial charge in [0.05, 0.1) is 7.11 Å². The number of carbonyl (C=O) groups excluding carboxylic acids is 1. The number of benzene rings is 1. The van der Waals surface area contributed by atoms with Gasteiger partial charge in [0.15, 0.2) is 0 Å². The molecule has 0 spiro atoms. The number of ether oxygens (including phenoxy) is 1. The molecule has 1 N–H and O–H groups in total. The molecule has 1 aromatic rings. The fraction of sp³-hybridized carbons (Fsp3) is 0.529. The van der Waals surface area contributed by atoms with E-state index in [2.05, 4.69) is 5.10 Å². The van der Waals surface area contributed by atoms with Crippen LogP contribution < -0.4 is 4.74 Å². The van der Waals surface area contributed by atoms with Crippen molar-refractivity contribution >= 4 is 11.6 Å². The van der Waals surface area contributed by atoms with E-state index in [0.717, 1.165) is 12.8 Å². The number of unbranched alkanes of at least 4 members (excludes halogenated alkanes) is 2. The summed E-state index contributed by atoms with van der Waals surface area (Å²) < 4.78 is 45.2. The van der Waals surface area contributed by atoms with Crippen molar-refractivity contribution in [3.05, 3.63) is 29.8 Å². The number of hydrogen-bond donors (Lipinski definition) is 1. The predicted molar refractivity (Wildman–Crippen MR) is 86.4 cm³/mol. The highest BCUT2D eigenvalue weighted by atomic mass is 19.4. The van der Waals surface area contributed by atoms with Crippen molar-refractivity contribution < 1.29 is 27.8 Å². The lowest BCUT2D eigenvalue weighted by atomic mass is 10.0. The summed E-state index contributed by atoms with van der Waals surface area (Å²) in [7, 11) is 1.44. The number of halogens is 3. The largest absolute Gasteiger partial charge is 0.497 e. The van der Waals surface area contributed by atoms with E-state index in [0.29, 0.717) is 18.6 Å². The summed E-state index contributed by atoms with van der Waals surface area (Å²) in [5, 5.41) is 14.1. The van der Waals surface area contributed by atoms with Gasteiger partial charge in [-0.15, -0.1) is 0 Å². The highest BCUT2D eigenvalue weighted by Gasteiger charge is 2.63. The quantitative estimate of drug-likeness (QED) is 0.788. The van der Waals surface area contributed by atoms with E-state index in [9.17, 15) is 23.1 Å². The van der Waals surface area contributed by atoms with Gasteiger partial charge in [-0.3, -0.25) is 4.79 Å². The van der Waals surface area contributed by atoms with Gasteiger partial charge in [0, 0.05) is 17.7 Å². The third kappa shape index (κ3) is 3.95. The Bertz CT molecular complexity index is 644. The molecule has 1 aliphatic heterocycles. The third-order valence-corrected chi connectivity index (χ3v) is 4.09. The third-order valence-electron chi connectivity index (χ3n) is 4.09. The van der Waals surface area contributed by atoms with Crippen LogP contribution >= 0.6 is 0 Å². The summed E-state index contributed by atoms with van der Waals surface area (Å²) in [4.78, 5) is 12.5. The van der Waals surface area contributed by atoms with Crippen LogP contribution in [-0.4, -0.2) is 40.7 Å². The molecule has 138 valence electrons. The molecule has 1 aliphatic rings. The molecular formula is C17H21F3N2O3. The minimum absolute atomic E-state index is 0.0120. The van der Waals surface area contributed by atoms with Crippen molar-refractivity contribution in [2.75, 3.05) is 7.11 Å². The number of rotatable bonds is 6. The van der Waals surface area contributed by atoms with E-state index in [4.69, 9.17) is 4.74 Å². The lowest BCUT2D eigenvalue weighted by Crippen LogP contribution is -2.56. The number of carbonyl (C=O) groups is 1. The van der Waals surface area contributed by atoms with E-state index < -0.39 is 24.2 Å². The van der Waals surface area contributed by atoms with Crippen LogP contribution in [0, 0.1) is 0 Å². The molecule has 1 heterocycles. The molecule has 0 bridgehead atoms. The van der Waals surface area contributed by atoms with Gasteiger partial charge in [0.2, 0.25) is 0 Å². The van der Waals surface area contributed by atoms with Crippen LogP contribution in [0.1, 0.15) is 49.4 Å².